The fraction of sp³-hybridized carbons (Fsp3) is 0.385. The van der Waals surface area contributed by atoms with Gasteiger partial charge in [0.1, 0.15) is 11.5 Å². The van der Waals surface area contributed by atoms with Crippen molar-refractivity contribution in [3.63, 3.8) is 0 Å². The van der Waals surface area contributed by atoms with Gasteiger partial charge in [-0.2, -0.15) is 0 Å². The Morgan fingerprint density at radius 3 is 2.60 bits per heavy atom. The van der Waals surface area contributed by atoms with Crippen molar-refractivity contribution in [1.29, 1.82) is 0 Å². The molecule has 0 saturated carbocycles. The summed E-state index contributed by atoms with van der Waals surface area (Å²) < 4.78 is 38.8. The molecule has 0 saturated heterocycles. The summed E-state index contributed by atoms with van der Waals surface area (Å²) in [7, 11) is -3.41. The van der Waals surface area contributed by atoms with E-state index >= 15 is 0 Å². The van der Waals surface area contributed by atoms with Crippen molar-refractivity contribution in [3.05, 3.63) is 71.1 Å². The molecule has 0 atom stereocenters. The molecule has 0 spiro atoms. The van der Waals surface area contributed by atoms with Crippen molar-refractivity contribution in [3.8, 4) is 17.2 Å². The zero-order valence-corrected chi connectivity index (χ0v) is 20.9. The normalized spacial score (nSPS) is 11.5. The lowest BCUT2D eigenvalue weighted by Gasteiger charge is -2.13. The number of hydrogen-bond acceptors (Lipinski definition) is 6. The summed E-state index contributed by atoms with van der Waals surface area (Å²) >= 11 is 0. The van der Waals surface area contributed by atoms with Gasteiger partial charge < -0.3 is 14.3 Å². The third-order valence-corrected chi connectivity index (χ3v) is 6.97. The van der Waals surface area contributed by atoms with Crippen molar-refractivity contribution >= 4 is 16.0 Å². The number of aliphatic carboxylic acids is 1. The number of carbonyl (C=O) groups is 1. The largest absolute Gasteiger partial charge is 0.493 e. The average Bonchev–Trinajstić information content (AvgIpc) is 3.21. The lowest BCUT2D eigenvalue weighted by Crippen LogP contribution is -2.26. The molecule has 9 heteroatoms. The lowest BCUT2D eigenvalue weighted by atomic mass is 10.0. The van der Waals surface area contributed by atoms with E-state index in [9.17, 15) is 13.2 Å². The minimum absolute atomic E-state index is 0.0367. The molecule has 0 aliphatic rings. The number of unbranched alkanes of at least 4 members (excludes halogenated alkanes) is 1. The van der Waals surface area contributed by atoms with Crippen LogP contribution in [0.15, 0.2) is 52.9 Å². The number of carboxylic acid groups (broad SMARTS) is 1. The number of carboxylic acids is 1. The first-order chi connectivity index (χ1) is 16.8. The summed E-state index contributed by atoms with van der Waals surface area (Å²) in [5.41, 5.74) is 3.20. The van der Waals surface area contributed by atoms with Gasteiger partial charge in [0.2, 0.25) is 15.9 Å². The molecule has 0 bridgehead atoms. The van der Waals surface area contributed by atoms with Crippen LogP contribution in [0.3, 0.4) is 0 Å². The molecule has 0 amide bonds. The number of rotatable bonds is 14. The van der Waals surface area contributed by atoms with Crippen molar-refractivity contribution in [2.45, 2.75) is 52.5 Å². The summed E-state index contributed by atoms with van der Waals surface area (Å²) in [6, 6.07) is 15.0. The van der Waals surface area contributed by atoms with Gasteiger partial charge in [0.25, 0.3) is 0 Å². The van der Waals surface area contributed by atoms with E-state index in [1.807, 2.05) is 44.2 Å². The topological polar surface area (TPSA) is 119 Å². The van der Waals surface area contributed by atoms with Crippen molar-refractivity contribution in [2.24, 2.45) is 0 Å². The summed E-state index contributed by atoms with van der Waals surface area (Å²) in [6.45, 7) is 4.25. The van der Waals surface area contributed by atoms with E-state index in [1.165, 1.54) is 0 Å². The highest BCUT2D eigenvalue weighted by molar-refractivity contribution is 7.89. The molecule has 35 heavy (non-hydrogen) atoms. The molecule has 0 unspecified atom stereocenters. The molecule has 1 aromatic heterocycles. The van der Waals surface area contributed by atoms with E-state index < -0.39 is 16.0 Å². The lowest BCUT2D eigenvalue weighted by molar-refractivity contribution is -0.136. The predicted octanol–water partition coefficient (Wildman–Crippen LogP) is 4.51. The fourth-order valence-corrected chi connectivity index (χ4v) is 4.75. The Hall–Kier alpha value is -3.17. The third kappa shape index (κ3) is 8.22. The minimum Gasteiger partial charge on any atom is -0.493 e. The Kier molecular flexibility index (Phi) is 9.45. The number of aromatic nitrogens is 1. The highest BCUT2D eigenvalue weighted by Gasteiger charge is 2.14. The molecule has 0 radical (unpaired) electrons. The van der Waals surface area contributed by atoms with Gasteiger partial charge in [0.05, 0.1) is 18.1 Å². The van der Waals surface area contributed by atoms with Gasteiger partial charge >= 0.3 is 5.97 Å². The molecule has 3 rings (SSSR count). The van der Waals surface area contributed by atoms with Crippen LogP contribution in [-0.2, 0) is 34.2 Å². The van der Waals surface area contributed by atoms with Crippen LogP contribution < -0.4 is 9.46 Å². The van der Waals surface area contributed by atoms with Crippen molar-refractivity contribution in [2.75, 3.05) is 12.4 Å². The van der Waals surface area contributed by atoms with E-state index in [0.29, 0.717) is 43.1 Å². The van der Waals surface area contributed by atoms with Crippen LogP contribution in [0, 0.1) is 6.92 Å². The molecule has 0 aliphatic carbocycles. The van der Waals surface area contributed by atoms with Crippen LogP contribution >= 0.6 is 0 Å². The second kappa shape index (κ2) is 12.5. The van der Waals surface area contributed by atoms with Gasteiger partial charge in [-0.15, -0.1) is 0 Å². The molecule has 0 aliphatic heterocycles. The number of nitrogens with zero attached hydrogens (tertiary/aromatic N) is 1. The molecule has 1 heterocycles. The van der Waals surface area contributed by atoms with Gasteiger partial charge in [-0.1, -0.05) is 37.6 Å². The van der Waals surface area contributed by atoms with E-state index in [0.717, 1.165) is 29.0 Å². The van der Waals surface area contributed by atoms with E-state index in [4.69, 9.17) is 14.3 Å². The molecule has 3 aromatic rings. The molecule has 2 aromatic carbocycles. The Bertz CT molecular complexity index is 1220. The number of ether oxygens (including phenoxy) is 1. The zero-order chi connectivity index (χ0) is 25.3. The van der Waals surface area contributed by atoms with Crippen LogP contribution in [0.1, 0.15) is 48.8 Å². The minimum atomic E-state index is -3.41. The number of nitrogens with one attached hydrogen (secondary N) is 1. The number of oxazole rings is 1. The van der Waals surface area contributed by atoms with Crippen LogP contribution in [0.25, 0.3) is 11.5 Å². The number of benzene rings is 2. The highest BCUT2D eigenvalue weighted by Crippen LogP contribution is 2.23. The summed E-state index contributed by atoms with van der Waals surface area (Å²) in [5, 5.41) is 9.05. The van der Waals surface area contributed by atoms with E-state index in [-0.39, 0.29) is 18.7 Å². The van der Waals surface area contributed by atoms with Crippen LogP contribution in [0.5, 0.6) is 5.75 Å². The number of hydrogen-bond donors (Lipinski definition) is 2. The Morgan fingerprint density at radius 1 is 1.11 bits per heavy atom. The van der Waals surface area contributed by atoms with Gasteiger partial charge in [-0.25, -0.2) is 18.1 Å². The third-order valence-electron chi connectivity index (χ3n) is 5.56. The zero-order valence-electron chi connectivity index (χ0n) is 20.1. The molecular weight excluding hydrogens is 468 g/mol. The first kappa shape index (κ1) is 26.4. The Labute approximate surface area is 206 Å². The molecule has 188 valence electrons. The van der Waals surface area contributed by atoms with E-state index in [1.54, 1.807) is 18.2 Å². The van der Waals surface area contributed by atoms with Gasteiger partial charge in [-0.3, -0.25) is 4.79 Å². The van der Waals surface area contributed by atoms with Gasteiger partial charge in [-0.05, 0) is 55.2 Å². The maximum atomic E-state index is 12.2. The SMILES string of the molecule is CCCCS(=O)(=O)NCc1cc(OCCc2nc(-c3ccccc3)oc2C)ccc1CCC(=O)O. The van der Waals surface area contributed by atoms with Crippen molar-refractivity contribution < 1.29 is 27.5 Å². The van der Waals surface area contributed by atoms with Crippen molar-refractivity contribution in [1.82, 2.24) is 9.71 Å². The quantitative estimate of drug-likeness (QED) is 0.334. The second-order valence-electron chi connectivity index (χ2n) is 8.30. The first-order valence-corrected chi connectivity index (χ1v) is 13.4. The predicted molar refractivity (Wildman–Crippen MR) is 134 cm³/mol. The monoisotopic (exact) mass is 500 g/mol. The summed E-state index contributed by atoms with van der Waals surface area (Å²) in [6.07, 6.45) is 2.18. The van der Waals surface area contributed by atoms with Gasteiger partial charge in [0, 0.05) is 24.9 Å². The van der Waals surface area contributed by atoms with Crippen LogP contribution in [-0.4, -0.2) is 36.8 Å². The molecule has 0 fully saturated rings. The van der Waals surface area contributed by atoms with E-state index in [2.05, 4.69) is 9.71 Å². The highest BCUT2D eigenvalue weighted by atomic mass is 32.2. The fourth-order valence-electron chi connectivity index (χ4n) is 3.57. The Morgan fingerprint density at radius 2 is 1.89 bits per heavy atom. The van der Waals surface area contributed by atoms with Gasteiger partial charge in [0.15, 0.2) is 0 Å². The van der Waals surface area contributed by atoms with Crippen LogP contribution in [0.4, 0.5) is 0 Å². The maximum absolute atomic E-state index is 12.2. The Balaban J connectivity index is 1.66. The molecular formula is C26H32N2O6S. The molecule has 8 nitrogen and oxygen atoms in total. The first-order valence-electron chi connectivity index (χ1n) is 11.7. The van der Waals surface area contributed by atoms with Crippen LogP contribution in [0.2, 0.25) is 0 Å². The summed E-state index contributed by atoms with van der Waals surface area (Å²) in [4.78, 5) is 15.6. The maximum Gasteiger partial charge on any atom is 0.303 e. The second-order valence-corrected chi connectivity index (χ2v) is 10.2. The number of aryl methyl sites for hydroxylation is 2. The smallest absolute Gasteiger partial charge is 0.303 e. The molecule has 2 N–H and O–H groups in total. The number of sulfonamides is 1. The average molecular weight is 501 g/mol. The summed E-state index contributed by atoms with van der Waals surface area (Å²) in [5.74, 6) is 1.04. The standard InChI is InChI=1S/C26H32N2O6S/c1-3-4-16-35(31,32)27-18-22-17-23(12-10-20(22)11-13-25(29)30)33-15-14-24-19(2)34-26(28-24)21-8-6-5-7-9-21/h5-10,12,17,27H,3-4,11,13-16,18H2,1-2H3,(H,29,30).